The number of ether oxygens (including phenoxy) is 2. The summed E-state index contributed by atoms with van der Waals surface area (Å²) in [6.07, 6.45) is 0.936. The fraction of sp³-hybridized carbons (Fsp3) is 0.556. The van der Waals surface area contributed by atoms with Crippen LogP contribution < -0.4 is 5.73 Å². The maximum absolute atomic E-state index is 12.1. The highest BCUT2D eigenvalue weighted by atomic mass is 16.6. The zero-order valence-electron chi connectivity index (χ0n) is 14.9. The molecule has 0 radical (unpaired) electrons. The summed E-state index contributed by atoms with van der Waals surface area (Å²) in [5.74, 6) is -1.47. The minimum atomic E-state index is -0.936. The average molecular weight is 353 g/mol. The quantitative estimate of drug-likeness (QED) is 0.459. The van der Waals surface area contributed by atoms with E-state index >= 15 is 0 Å². The van der Waals surface area contributed by atoms with Crippen molar-refractivity contribution >= 4 is 11.9 Å². The first kappa shape index (κ1) is 20.8. The number of hydrogen-bond acceptors (Lipinski definition) is 7. The van der Waals surface area contributed by atoms with Crippen molar-refractivity contribution in [3.05, 3.63) is 23.8 Å². The van der Waals surface area contributed by atoms with Gasteiger partial charge in [0.2, 0.25) is 0 Å². The molecule has 3 atom stereocenters. The van der Waals surface area contributed by atoms with Crippen LogP contribution in [0, 0.1) is 0 Å². The second-order valence-corrected chi connectivity index (χ2v) is 6.07. The molecule has 0 aromatic heterocycles. The SMILES string of the molecule is CCCCC(=O)OC(C)[C@H](C)OC(=O)[C@@H](N)Cc1ccc(O)c(O)c1. The van der Waals surface area contributed by atoms with Gasteiger partial charge in [-0.25, -0.2) is 0 Å². The van der Waals surface area contributed by atoms with E-state index in [1.165, 1.54) is 12.1 Å². The predicted molar refractivity (Wildman–Crippen MR) is 92.1 cm³/mol. The molecule has 0 aliphatic rings. The maximum atomic E-state index is 12.1. The first-order chi connectivity index (χ1) is 11.7. The van der Waals surface area contributed by atoms with Crippen molar-refractivity contribution in [2.75, 3.05) is 0 Å². The maximum Gasteiger partial charge on any atom is 0.323 e. The van der Waals surface area contributed by atoms with Gasteiger partial charge in [-0.05, 0) is 44.4 Å². The van der Waals surface area contributed by atoms with Gasteiger partial charge < -0.3 is 25.4 Å². The molecule has 0 heterocycles. The Morgan fingerprint density at radius 3 is 2.36 bits per heavy atom. The van der Waals surface area contributed by atoms with Crippen LogP contribution in [0.3, 0.4) is 0 Å². The molecule has 0 amide bonds. The predicted octanol–water partition coefficient (Wildman–Crippen LogP) is 2.02. The van der Waals surface area contributed by atoms with Crippen molar-refractivity contribution in [3.8, 4) is 11.5 Å². The fourth-order valence-electron chi connectivity index (χ4n) is 2.08. The molecule has 0 aliphatic heterocycles. The van der Waals surface area contributed by atoms with Gasteiger partial charge in [-0.3, -0.25) is 9.59 Å². The number of phenols is 2. The van der Waals surface area contributed by atoms with Crippen molar-refractivity contribution in [2.45, 2.75) is 64.7 Å². The monoisotopic (exact) mass is 353 g/mol. The smallest absolute Gasteiger partial charge is 0.323 e. The lowest BCUT2D eigenvalue weighted by atomic mass is 10.1. The molecule has 1 unspecified atom stereocenters. The number of carbonyl (C=O) groups is 2. The van der Waals surface area contributed by atoms with E-state index < -0.39 is 24.2 Å². The standard InChI is InChI=1S/C18H27NO6/c1-4-5-6-17(22)24-11(2)12(3)25-18(23)14(19)9-13-7-8-15(20)16(21)10-13/h7-8,10-12,14,20-21H,4-6,9,19H2,1-3H3/t11?,12-,14-/m0/s1. The third kappa shape index (κ3) is 7.01. The van der Waals surface area contributed by atoms with Crippen LogP contribution in [0.15, 0.2) is 18.2 Å². The lowest BCUT2D eigenvalue weighted by Crippen LogP contribution is -2.39. The molecule has 0 bridgehead atoms. The van der Waals surface area contributed by atoms with Gasteiger partial charge in [0, 0.05) is 6.42 Å². The van der Waals surface area contributed by atoms with Gasteiger partial charge in [0.25, 0.3) is 0 Å². The molecule has 7 heteroatoms. The summed E-state index contributed by atoms with van der Waals surface area (Å²) >= 11 is 0. The zero-order chi connectivity index (χ0) is 19.0. The van der Waals surface area contributed by atoms with Crippen LogP contribution in [0.25, 0.3) is 0 Å². The van der Waals surface area contributed by atoms with Crippen LogP contribution in [0.4, 0.5) is 0 Å². The second kappa shape index (κ2) is 9.88. The Kier molecular flexibility index (Phi) is 8.21. The van der Waals surface area contributed by atoms with Gasteiger partial charge in [-0.1, -0.05) is 19.4 Å². The molecule has 1 aromatic carbocycles. The van der Waals surface area contributed by atoms with Crippen LogP contribution in [0.2, 0.25) is 0 Å². The molecule has 0 saturated carbocycles. The highest BCUT2D eigenvalue weighted by Gasteiger charge is 2.24. The highest BCUT2D eigenvalue weighted by molar-refractivity contribution is 5.76. The van der Waals surface area contributed by atoms with Gasteiger partial charge in [-0.2, -0.15) is 0 Å². The van der Waals surface area contributed by atoms with Crippen molar-refractivity contribution in [2.24, 2.45) is 5.73 Å². The molecular weight excluding hydrogens is 326 g/mol. The normalized spacial score (nSPS) is 14.4. The Bertz CT molecular complexity index is 589. The summed E-state index contributed by atoms with van der Waals surface area (Å²) in [5.41, 5.74) is 6.42. The van der Waals surface area contributed by atoms with Crippen LogP contribution in [0.5, 0.6) is 11.5 Å². The highest BCUT2D eigenvalue weighted by Crippen LogP contribution is 2.25. The molecule has 1 aromatic rings. The third-order valence-electron chi connectivity index (χ3n) is 3.81. The molecule has 0 spiro atoms. The average Bonchev–Trinajstić information content (AvgIpc) is 2.56. The number of nitrogens with two attached hydrogens (primary N) is 1. The summed E-state index contributed by atoms with van der Waals surface area (Å²) in [6, 6.07) is 3.28. The van der Waals surface area contributed by atoms with Crippen LogP contribution in [-0.4, -0.2) is 40.4 Å². The van der Waals surface area contributed by atoms with Crippen molar-refractivity contribution in [3.63, 3.8) is 0 Å². The number of carbonyl (C=O) groups excluding carboxylic acids is 2. The molecular formula is C18H27NO6. The summed E-state index contributed by atoms with van der Waals surface area (Å²) in [7, 11) is 0. The van der Waals surface area contributed by atoms with E-state index in [9.17, 15) is 19.8 Å². The second-order valence-electron chi connectivity index (χ2n) is 6.07. The van der Waals surface area contributed by atoms with Crippen LogP contribution >= 0.6 is 0 Å². The molecule has 0 fully saturated rings. The van der Waals surface area contributed by atoms with E-state index in [-0.39, 0.29) is 23.9 Å². The Morgan fingerprint density at radius 1 is 1.12 bits per heavy atom. The minimum absolute atomic E-state index is 0.143. The molecule has 7 nitrogen and oxygen atoms in total. The molecule has 140 valence electrons. The van der Waals surface area contributed by atoms with Crippen LogP contribution in [0.1, 0.15) is 45.6 Å². The Morgan fingerprint density at radius 2 is 1.76 bits per heavy atom. The number of hydrogen-bond donors (Lipinski definition) is 3. The molecule has 4 N–H and O–H groups in total. The largest absolute Gasteiger partial charge is 0.504 e. The molecule has 1 rings (SSSR count). The minimum Gasteiger partial charge on any atom is -0.504 e. The van der Waals surface area contributed by atoms with Gasteiger partial charge in [-0.15, -0.1) is 0 Å². The summed E-state index contributed by atoms with van der Waals surface area (Å²) < 4.78 is 10.5. The van der Waals surface area contributed by atoms with Crippen molar-refractivity contribution in [1.82, 2.24) is 0 Å². The van der Waals surface area contributed by atoms with Crippen molar-refractivity contribution < 1.29 is 29.3 Å². The summed E-state index contributed by atoms with van der Waals surface area (Å²) in [5, 5.41) is 18.7. The fourth-order valence-corrected chi connectivity index (χ4v) is 2.08. The van der Waals surface area contributed by atoms with Crippen LogP contribution in [-0.2, 0) is 25.5 Å². The van der Waals surface area contributed by atoms with E-state index in [0.29, 0.717) is 12.0 Å². The zero-order valence-corrected chi connectivity index (χ0v) is 14.9. The summed E-state index contributed by atoms with van der Waals surface area (Å²) in [6.45, 7) is 5.27. The van der Waals surface area contributed by atoms with E-state index in [1.807, 2.05) is 6.92 Å². The van der Waals surface area contributed by atoms with Gasteiger partial charge in [0.1, 0.15) is 18.2 Å². The first-order valence-corrected chi connectivity index (χ1v) is 8.41. The Hall–Kier alpha value is -2.28. The first-order valence-electron chi connectivity index (χ1n) is 8.41. The Balaban J connectivity index is 2.50. The Labute approximate surface area is 147 Å². The number of unbranched alkanes of at least 4 members (excludes halogenated alkanes) is 1. The van der Waals surface area contributed by atoms with Gasteiger partial charge in [0.05, 0.1) is 0 Å². The van der Waals surface area contributed by atoms with E-state index in [4.69, 9.17) is 15.2 Å². The van der Waals surface area contributed by atoms with E-state index in [1.54, 1.807) is 19.9 Å². The third-order valence-corrected chi connectivity index (χ3v) is 3.81. The van der Waals surface area contributed by atoms with E-state index in [0.717, 1.165) is 12.8 Å². The number of aromatic hydroxyl groups is 2. The summed E-state index contributed by atoms with van der Waals surface area (Å²) in [4.78, 5) is 23.7. The lowest BCUT2D eigenvalue weighted by molar-refractivity contribution is -0.166. The topological polar surface area (TPSA) is 119 Å². The van der Waals surface area contributed by atoms with Crippen molar-refractivity contribution in [1.29, 1.82) is 0 Å². The number of rotatable bonds is 9. The molecule has 0 aliphatic carbocycles. The molecule has 25 heavy (non-hydrogen) atoms. The number of benzene rings is 1. The number of esters is 2. The van der Waals surface area contributed by atoms with Gasteiger partial charge >= 0.3 is 11.9 Å². The molecule has 0 saturated heterocycles. The van der Waals surface area contributed by atoms with E-state index in [2.05, 4.69) is 0 Å². The number of phenolic OH excluding ortho intramolecular Hbond substituents is 2. The van der Waals surface area contributed by atoms with Gasteiger partial charge in [0.15, 0.2) is 11.5 Å². The lowest BCUT2D eigenvalue weighted by Gasteiger charge is -2.22.